The number of morpholine rings is 1. The molecule has 1 atom stereocenters. The van der Waals surface area contributed by atoms with Crippen molar-refractivity contribution in [3.8, 4) is 5.75 Å². The summed E-state index contributed by atoms with van der Waals surface area (Å²) in [6.07, 6.45) is 1.42. The van der Waals surface area contributed by atoms with Gasteiger partial charge in [0, 0.05) is 43.7 Å². The van der Waals surface area contributed by atoms with Crippen LogP contribution in [0.25, 0.3) is 11.0 Å². The van der Waals surface area contributed by atoms with Crippen molar-refractivity contribution < 1.29 is 18.7 Å². The first-order chi connectivity index (χ1) is 14.0. The second-order valence-corrected chi connectivity index (χ2v) is 7.87. The molecule has 1 aromatic carbocycles. The number of hydrogen-bond donors (Lipinski definition) is 0. The van der Waals surface area contributed by atoms with Crippen LogP contribution in [0.3, 0.4) is 0 Å². The third-order valence-electron chi connectivity index (χ3n) is 5.92. The maximum Gasteiger partial charge on any atom is 0.336 e. The van der Waals surface area contributed by atoms with E-state index in [0.29, 0.717) is 17.4 Å². The molecule has 0 saturated carbocycles. The lowest BCUT2D eigenvalue weighted by molar-refractivity contribution is -0.139. The Hall–Kier alpha value is -2.38. The van der Waals surface area contributed by atoms with Gasteiger partial charge in [-0.2, -0.15) is 0 Å². The summed E-state index contributed by atoms with van der Waals surface area (Å²) in [5.74, 6) is 0.611. The molecule has 0 radical (unpaired) electrons. The zero-order valence-electron chi connectivity index (χ0n) is 17.1. The van der Waals surface area contributed by atoms with Gasteiger partial charge in [-0.3, -0.25) is 9.69 Å². The number of nitrogens with zero attached hydrogens (tertiary/aromatic N) is 2. The van der Waals surface area contributed by atoms with Crippen molar-refractivity contribution in [2.24, 2.45) is 0 Å². The quantitative estimate of drug-likeness (QED) is 0.733. The number of likely N-dealkylation sites (tertiary alicyclic amines) is 1. The molecule has 1 aromatic heterocycles. The number of rotatable bonds is 4. The van der Waals surface area contributed by atoms with Crippen LogP contribution in [0, 0.1) is 6.92 Å². The van der Waals surface area contributed by atoms with Crippen molar-refractivity contribution in [2.45, 2.75) is 38.8 Å². The molecule has 7 heteroatoms. The topological polar surface area (TPSA) is 72.2 Å². The number of fused-ring (bicyclic) bond motifs is 1. The number of ether oxygens (including phenoxy) is 2. The lowest BCUT2D eigenvalue weighted by Crippen LogP contribution is -2.51. The van der Waals surface area contributed by atoms with Crippen LogP contribution in [0.15, 0.2) is 33.5 Å². The first-order valence-corrected chi connectivity index (χ1v) is 10.3. The Morgan fingerprint density at radius 1 is 1.14 bits per heavy atom. The van der Waals surface area contributed by atoms with Gasteiger partial charge in [-0.15, -0.1) is 0 Å². The van der Waals surface area contributed by atoms with E-state index in [4.69, 9.17) is 13.9 Å². The zero-order chi connectivity index (χ0) is 20.4. The molecule has 29 heavy (non-hydrogen) atoms. The van der Waals surface area contributed by atoms with Gasteiger partial charge in [-0.25, -0.2) is 4.79 Å². The summed E-state index contributed by atoms with van der Waals surface area (Å²) in [5.41, 5.74) is 0.977. The summed E-state index contributed by atoms with van der Waals surface area (Å²) in [6, 6.07) is 7.27. The highest BCUT2D eigenvalue weighted by Crippen LogP contribution is 2.24. The van der Waals surface area contributed by atoms with Gasteiger partial charge < -0.3 is 18.8 Å². The maximum absolute atomic E-state index is 12.9. The standard InChI is InChI=1S/C22H28N2O5/c1-15-13-21(25)29-20-4-3-18(14-19(15)20)28-16(2)22(26)24-7-5-17(6-8-24)23-9-11-27-12-10-23/h3-4,13-14,16-17H,5-12H2,1-2H3. The number of aryl methyl sites for hydroxylation is 1. The fraction of sp³-hybridized carbons (Fsp3) is 0.545. The third kappa shape index (κ3) is 4.46. The molecule has 0 bridgehead atoms. The number of benzene rings is 1. The zero-order valence-corrected chi connectivity index (χ0v) is 17.1. The summed E-state index contributed by atoms with van der Waals surface area (Å²) in [6.45, 7) is 8.75. The number of hydrogen-bond acceptors (Lipinski definition) is 6. The first-order valence-electron chi connectivity index (χ1n) is 10.3. The van der Waals surface area contributed by atoms with Crippen LogP contribution < -0.4 is 10.4 Å². The summed E-state index contributed by atoms with van der Waals surface area (Å²) in [5, 5.41) is 0.813. The molecule has 2 fully saturated rings. The lowest BCUT2D eigenvalue weighted by Gasteiger charge is -2.40. The fourth-order valence-corrected chi connectivity index (χ4v) is 4.28. The van der Waals surface area contributed by atoms with Crippen molar-refractivity contribution in [1.29, 1.82) is 0 Å². The highest BCUT2D eigenvalue weighted by Gasteiger charge is 2.30. The molecule has 2 aliphatic heterocycles. The molecule has 0 spiro atoms. The van der Waals surface area contributed by atoms with Gasteiger partial charge in [0.2, 0.25) is 0 Å². The molecule has 4 rings (SSSR count). The van der Waals surface area contributed by atoms with Crippen molar-refractivity contribution >= 4 is 16.9 Å². The molecule has 0 N–H and O–H groups in total. The van der Waals surface area contributed by atoms with Gasteiger partial charge >= 0.3 is 5.63 Å². The fourth-order valence-electron chi connectivity index (χ4n) is 4.28. The molecule has 1 amide bonds. The van der Waals surface area contributed by atoms with Crippen LogP contribution >= 0.6 is 0 Å². The van der Waals surface area contributed by atoms with E-state index in [2.05, 4.69) is 4.90 Å². The van der Waals surface area contributed by atoms with Gasteiger partial charge in [0.05, 0.1) is 13.2 Å². The third-order valence-corrected chi connectivity index (χ3v) is 5.92. The number of carbonyl (C=O) groups excluding carboxylic acids is 1. The predicted molar refractivity (Wildman–Crippen MR) is 109 cm³/mol. The Kier molecular flexibility index (Phi) is 5.87. The molecule has 2 aromatic rings. The number of amides is 1. The summed E-state index contributed by atoms with van der Waals surface area (Å²) < 4.78 is 16.6. The molecule has 2 aliphatic rings. The SMILES string of the molecule is Cc1cc(=O)oc2ccc(OC(C)C(=O)N3CCC(N4CCOCC4)CC3)cc12. The largest absolute Gasteiger partial charge is 0.481 e. The minimum absolute atomic E-state index is 0.0156. The van der Waals surface area contributed by atoms with Crippen molar-refractivity contribution in [3.05, 3.63) is 40.2 Å². The molecular formula is C22H28N2O5. The van der Waals surface area contributed by atoms with E-state index in [9.17, 15) is 9.59 Å². The molecule has 0 aliphatic carbocycles. The second kappa shape index (κ2) is 8.55. The average Bonchev–Trinajstić information content (AvgIpc) is 2.74. The molecule has 1 unspecified atom stereocenters. The molecule has 3 heterocycles. The van der Waals surface area contributed by atoms with Gasteiger partial charge in [0.25, 0.3) is 5.91 Å². The van der Waals surface area contributed by atoms with E-state index in [0.717, 1.165) is 63.2 Å². The van der Waals surface area contributed by atoms with Gasteiger partial charge in [-0.1, -0.05) is 0 Å². The Morgan fingerprint density at radius 2 is 1.86 bits per heavy atom. The normalized spacial score (nSPS) is 20.0. The van der Waals surface area contributed by atoms with E-state index in [1.807, 2.05) is 17.9 Å². The summed E-state index contributed by atoms with van der Waals surface area (Å²) in [4.78, 5) is 28.8. The highest BCUT2D eigenvalue weighted by atomic mass is 16.5. The van der Waals surface area contributed by atoms with Gasteiger partial charge in [-0.05, 0) is 50.5 Å². The van der Waals surface area contributed by atoms with Crippen LogP contribution in [0.1, 0.15) is 25.3 Å². The minimum atomic E-state index is -0.566. The highest BCUT2D eigenvalue weighted by molar-refractivity contribution is 5.83. The number of carbonyl (C=O) groups is 1. The van der Waals surface area contributed by atoms with Crippen LogP contribution in [-0.4, -0.2) is 67.2 Å². The van der Waals surface area contributed by atoms with Gasteiger partial charge in [0.15, 0.2) is 6.10 Å². The monoisotopic (exact) mass is 400 g/mol. The minimum Gasteiger partial charge on any atom is -0.481 e. The molecular weight excluding hydrogens is 372 g/mol. The van der Waals surface area contributed by atoms with Crippen molar-refractivity contribution in [1.82, 2.24) is 9.80 Å². The molecule has 2 saturated heterocycles. The van der Waals surface area contributed by atoms with E-state index in [-0.39, 0.29) is 11.5 Å². The Balaban J connectivity index is 1.36. The lowest BCUT2D eigenvalue weighted by atomic mass is 10.0. The number of piperidine rings is 1. The van der Waals surface area contributed by atoms with Crippen LogP contribution in [0.5, 0.6) is 5.75 Å². The van der Waals surface area contributed by atoms with Crippen molar-refractivity contribution in [3.63, 3.8) is 0 Å². The first kappa shape index (κ1) is 19.9. The smallest absolute Gasteiger partial charge is 0.336 e. The Labute approximate surface area is 170 Å². The maximum atomic E-state index is 12.9. The van der Waals surface area contributed by atoms with E-state index in [1.54, 1.807) is 19.1 Å². The summed E-state index contributed by atoms with van der Waals surface area (Å²) in [7, 11) is 0. The molecule has 7 nitrogen and oxygen atoms in total. The van der Waals surface area contributed by atoms with Crippen LogP contribution in [-0.2, 0) is 9.53 Å². The Bertz CT molecular complexity index is 926. The predicted octanol–water partition coefficient (Wildman–Crippen LogP) is 2.19. The van der Waals surface area contributed by atoms with E-state index >= 15 is 0 Å². The van der Waals surface area contributed by atoms with Crippen LogP contribution in [0.2, 0.25) is 0 Å². The van der Waals surface area contributed by atoms with Gasteiger partial charge in [0.1, 0.15) is 11.3 Å². The summed E-state index contributed by atoms with van der Waals surface area (Å²) >= 11 is 0. The van der Waals surface area contributed by atoms with Crippen LogP contribution in [0.4, 0.5) is 0 Å². The van der Waals surface area contributed by atoms with E-state index in [1.165, 1.54) is 6.07 Å². The molecule has 156 valence electrons. The Morgan fingerprint density at radius 3 is 2.59 bits per heavy atom. The average molecular weight is 400 g/mol. The van der Waals surface area contributed by atoms with E-state index < -0.39 is 6.10 Å². The second-order valence-electron chi connectivity index (χ2n) is 7.87. The van der Waals surface area contributed by atoms with Crippen molar-refractivity contribution in [2.75, 3.05) is 39.4 Å².